The van der Waals surface area contributed by atoms with E-state index >= 15 is 0 Å². The number of aromatic nitrogens is 2. The molecule has 116 valence electrons. The first-order chi connectivity index (χ1) is 11.8. The summed E-state index contributed by atoms with van der Waals surface area (Å²) in [4.78, 5) is 2.54. The molecular formula is C18H11ClN4S. The van der Waals surface area contributed by atoms with Gasteiger partial charge in [0.25, 0.3) is 0 Å². The molecule has 0 spiro atoms. The van der Waals surface area contributed by atoms with Crippen LogP contribution < -0.4 is 4.90 Å². The molecule has 1 N–H and O–H groups in total. The predicted molar refractivity (Wildman–Crippen MR) is 98.4 cm³/mol. The molecule has 24 heavy (non-hydrogen) atoms. The molecule has 4 aromatic rings. The zero-order chi connectivity index (χ0) is 16.5. The van der Waals surface area contributed by atoms with Gasteiger partial charge >= 0.3 is 0 Å². The van der Waals surface area contributed by atoms with Crippen LogP contribution in [0.25, 0.3) is 10.9 Å². The number of nitrogens with one attached hydrogen (secondary N) is 1. The number of anilines is 3. The molecule has 4 nitrogen and oxygen atoms in total. The highest BCUT2D eigenvalue weighted by molar-refractivity contribution is 7.11. The van der Waals surface area contributed by atoms with Crippen molar-refractivity contribution in [2.24, 2.45) is 0 Å². The minimum absolute atomic E-state index is 0.597. The fourth-order valence-corrected chi connectivity index (χ4v) is 3.56. The van der Waals surface area contributed by atoms with Crippen molar-refractivity contribution in [1.29, 1.82) is 5.26 Å². The molecule has 2 aromatic heterocycles. The van der Waals surface area contributed by atoms with E-state index in [0.717, 1.165) is 22.3 Å². The summed E-state index contributed by atoms with van der Waals surface area (Å²) >= 11 is 7.84. The molecule has 6 heteroatoms. The van der Waals surface area contributed by atoms with Crippen molar-refractivity contribution in [2.45, 2.75) is 0 Å². The van der Waals surface area contributed by atoms with Crippen LogP contribution in [0.15, 0.2) is 60.0 Å². The third kappa shape index (κ3) is 2.33. The molecule has 2 heterocycles. The number of para-hydroxylation sites is 2. The number of halogens is 1. The number of nitriles is 1. The molecule has 0 amide bonds. The van der Waals surface area contributed by atoms with Crippen LogP contribution in [0.1, 0.15) is 4.88 Å². The van der Waals surface area contributed by atoms with Crippen LogP contribution in [0.5, 0.6) is 0 Å². The van der Waals surface area contributed by atoms with Gasteiger partial charge in [-0.3, -0.25) is 10.00 Å². The first-order valence-electron chi connectivity index (χ1n) is 7.25. The average molecular weight is 351 g/mol. The molecule has 0 aliphatic heterocycles. The minimum Gasteiger partial charge on any atom is -0.289 e. The molecule has 0 saturated heterocycles. The molecule has 0 aliphatic rings. The van der Waals surface area contributed by atoms with Crippen molar-refractivity contribution in [3.05, 3.63) is 69.9 Å². The lowest BCUT2D eigenvalue weighted by atomic mass is 10.2. The maximum absolute atomic E-state index is 9.46. The van der Waals surface area contributed by atoms with E-state index in [0.29, 0.717) is 15.7 Å². The lowest BCUT2D eigenvalue weighted by Crippen LogP contribution is -2.11. The van der Waals surface area contributed by atoms with Crippen LogP contribution in [0, 0.1) is 11.3 Å². The molecule has 0 atom stereocenters. The highest BCUT2D eigenvalue weighted by Gasteiger charge is 2.23. The lowest BCUT2D eigenvalue weighted by molar-refractivity contribution is 1.08. The minimum atomic E-state index is 0.597. The number of hydrogen-bond donors (Lipinski definition) is 1. The van der Waals surface area contributed by atoms with Gasteiger partial charge < -0.3 is 0 Å². The summed E-state index contributed by atoms with van der Waals surface area (Å²) in [5.74, 6) is 0.716. The van der Waals surface area contributed by atoms with Gasteiger partial charge in [-0.2, -0.15) is 10.4 Å². The van der Waals surface area contributed by atoms with Gasteiger partial charge in [0.2, 0.25) is 0 Å². The van der Waals surface area contributed by atoms with Gasteiger partial charge in [0.05, 0.1) is 21.9 Å². The van der Waals surface area contributed by atoms with Gasteiger partial charge in [0.1, 0.15) is 10.9 Å². The second-order valence-electron chi connectivity index (χ2n) is 5.13. The molecule has 0 bridgehead atoms. The Kier molecular flexibility index (Phi) is 3.69. The summed E-state index contributed by atoms with van der Waals surface area (Å²) in [6.45, 7) is 0. The Balaban J connectivity index is 2.02. The zero-order valence-corrected chi connectivity index (χ0v) is 14.0. The fourth-order valence-electron chi connectivity index (χ4n) is 2.67. The second kappa shape index (κ2) is 6.00. The van der Waals surface area contributed by atoms with Gasteiger partial charge in [-0.25, -0.2) is 0 Å². The number of H-pyrrole nitrogens is 1. The number of aromatic amines is 1. The van der Waals surface area contributed by atoms with Crippen molar-refractivity contribution in [3.63, 3.8) is 0 Å². The molecule has 0 aliphatic carbocycles. The Labute approximate surface area is 147 Å². The van der Waals surface area contributed by atoms with E-state index in [1.807, 2.05) is 64.9 Å². The first-order valence-corrected chi connectivity index (χ1v) is 8.50. The van der Waals surface area contributed by atoms with Crippen molar-refractivity contribution < 1.29 is 0 Å². The molecule has 0 fully saturated rings. The van der Waals surface area contributed by atoms with E-state index in [-0.39, 0.29) is 0 Å². The van der Waals surface area contributed by atoms with Gasteiger partial charge in [-0.15, -0.1) is 11.3 Å². The molecule has 4 rings (SSSR count). The summed E-state index contributed by atoms with van der Waals surface area (Å²) in [5.41, 5.74) is 2.48. The van der Waals surface area contributed by atoms with Crippen molar-refractivity contribution in [2.75, 3.05) is 4.90 Å². The SMILES string of the molecule is N#Cc1sccc1N(c1ccccc1Cl)c1n[nH]c2ccccc12. The highest BCUT2D eigenvalue weighted by Crippen LogP contribution is 2.42. The van der Waals surface area contributed by atoms with E-state index in [9.17, 15) is 5.26 Å². The van der Waals surface area contributed by atoms with Crippen molar-refractivity contribution >= 4 is 51.0 Å². The quantitative estimate of drug-likeness (QED) is 0.521. The maximum atomic E-state index is 9.46. The topological polar surface area (TPSA) is 55.7 Å². The van der Waals surface area contributed by atoms with Gasteiger partial charge in [-0.1, -0.05) is 35.9 Å². The van der Waals surface area contributed by atoms with E-state index in [1.54, 1.807) is 0 Å². The molecule has 2 aromatic carbocycles. The predicted octanol–water partition coefficient (Wildman–Crippen LogP) is 5.62. The first kappa shape index (κ1) is 14.8. The highest BCUT2D eigenvalue weighted by atomic mass is 35.5. The molecular weight excluding hydrogens is 340 g/mol. The summed E-state index contributed by atoms with van der Waals surface area (Å²) in [5, 5.41) is 20.4. The van der Waals surface area contributed by atoms with E-state index in [1.165, 1.54) is 11.3 Å². The Bertz CT molecular complexity index is 1060. The van der Waals surface area contributed by atoms with E-state index < -0.39 is 0 Å². The number of benzene rings is 2. The van der Waals surface area contributed by atoms with E-state index in [4.69, 9.17) is 11.6 Å². The number of rotatable bonds is 3. The zero-order valence-electron chi connectivity index (χ0n) is 12.4. The van der Waals surface area contributed by atoms with Crippen molar-refractivity contribution in [3.8, 4) is 6.07 Å². The molecule has 0 radical (unpaired) electrons. The molecule has 0 unspecified atom stereocenters. The summed E-state index contributed by atoms with van der Waals surface area (Å²) < 4.78 is 0. The van der Waals surface area contributed by atoms with Gasteiger partial charge in [0.15, 0.2) is 5.82 Å². The Morgan fingerprint density at radius 3 is 2.67 bits per heavy atom. The fraction of sp³-hybridized carbons (Fsp3) is 0. The largest absolute Gasteiger partial charge is 0.289 e. The Morgan fingerprint density at radius 1 is 1.04 bits per heavy atom. The molecule has 0 saturated carbocycles. The number of nitrogens with zero attached hydrogens (tertiary/aromatic N) is 3. The van der Waals surface area contributed by atoms with Crippen LogP contribution in [0.2, 0.25) is 5.02 Å². The van der Waals surface area contributed by atoms with Crippen molar-refractivity contribution in [1.82, 2.24) is 10.2 Å². The third-order valence-corrected chi connectivity index (χ3v) is 4.87. The summed E-state index contributed by atoms with van der Waals surface area (Å²) in [6.07, 6.45) is 0. The van der Waals surface area contributed by atoms with Crippen LogP contribution in [0.3, 0.4) is 0 Å². The maximum Gasteiger partial charge on any atom is 0.167 e. The normalized spacial score (nSPS) is 10.7. The standard InChI is InChI=1S/C18H11ClN4S/c19-13-6-2-4-8-15(13)23(16-9-10-24-17(16)11-20)18-12-5-1-3-7-14(12)21-22-18/h1-10H,(H,21,22). The Morgan fingerprint density at radius 2 is 1.83 bits per heavy atom. The summed E-state index contributed by atoms with van der Waals surface area (Å²) in [7, 11) is 0. The lowest BCUT2D eigenvalue weighted by Gasteiger charge is -2.23. The van der Waals surface area contributed by atoms with Crippen LogP contribution in [0.4, 0.5) is 17.2 Å². The van der Waals surface area contributed by atoms with Crippen LogP contribution in [-0.2, 0) is 0 Å². The summed E-state index contributed by atoms with van der Waals surface area (Å²) in [6, 6.07) is 19.6. The number of hydrogen-bond acceptors (Lipinski definition) is 4. The monoisotopic (exact) mass is 350 g/mol. The average Bonchev–Trinajstić information content (AvgIpc) is 3.24. The van der Waals surface area contributed by atoms with Crippen LogP contribution >= 0.6 is 22.9 Å². The number of fused-ring (bicyclic) bond motifs is 1. The number of thiophene rings is 1. The Hall–Kier alpha value is -2.81. The van der Waals surface area contributed by atoms with Gasteiger partial charge in [0, 0.05) is 5.39 Å². The van der Waals surface area contributed by atoms with Crippen LogP contribution in [-0.4, -0.2) is 10.2 Å². The van der Waals surface area contributed by atoms with E-state index in [2.05, 4.69) is 16.3 Å². The third-order valence-electron chi connectivity index (χ3n) is 3.74. The second-order valence-corrected chi connectivity index (χ2v) is 6.45. The smallest absolute Gasteiger partial charge is 0.167 e. The van der Waals surface area contributed by atoms with Gasteiger partial charge in [-0.05, 0) is 35.7 Å².